The minimum Gasteiger partial charge on any atom is -0.496 e. The quantitative estimate of drug-likeness (QED) is 0.799. The van der Waals surface area contributed by atoms with Crippen LogP contribution in [-0.2, 0) is 16.1 Å². The third-order valence-corrected chi connectivity index (χ3v) is 5.63. The van der Waals surface area contributed by atoms with Crippen molar-refractivity contribution in [2.45, 2.75) is 38.8 Å². The van der Waals surface area contributed by atoms with Gasteiger partial charge in [0.25, 0.3) is 5.91 Å². The van der Waals surface area contributed by atoms with Crippen molar-refractivity contribution in [3.63, 3.8) is 0 Å². The van der Waals surface area contributed by atoms with Crippen LogP contribution in [0.4, 0.5) is 11.4 Å². The van der Waals surface area contributed by atoms with Gasteiger partial charge in [-0.2, -0.15) is 0 Å². The smallest absolute Gasteiger partial charge is 0.251 e. The minimum absolute atomic E-state index is 0.0425. The number of nitrogens with one attached hydrogen (secondary N) is 1. The molecule has 3 amide bonds. The molecule has 0 saturated carbocycles. The van der Waals surface area contributed by atoms with Crippen LogP contribution in [-0.4, -0.2) is 37.4 Å². The molecule has 1 atom stereocenters. The lowest BCUT2D eigenvalue weighted by atomic mass is 10.0. The summed E-state index contributed by atoms with van der Waals surface area (Å²) >= 11 is 0. The van der Waals surface area contributed by atoms with Crippen LogP contribution in [0.3, 0.4) is 0 Å². The van der Waals surface area contributed by atoms with E-state index in [1.807, 2.05) is 31.2 Å². The lowest BCUT2D eigenvalue weighted by Gasteiger charge is -2.38. The van der Waals surface area contributed by atoms with E-state index in [2.05, 4.69) is 5.32 Å². The maximum absolute atomic E-state index is 13.0. The van der Waals surface area contributed by atoms with E-state index in [0.717, 1.165) is 12.0 Å². The standard InChI is InChI=1S/C23H25N3O4/c1-3-12-25-19-13-15(22(28)24-14-16-6-4-5-7-20(16)30-2)8-9-17(19)26-18(23(25)29)10-11-21(26)27/h4-9,13,18H,3,10-12,14H2,1-2H3,(H,24,28). The van der Waals surface area contributed by atoms with E-state index in [9.17, 15) is 14.4 Å². The van der Waals surface area contributed by atoms with E-state index in [1.54, 1.807) is 35.1 Å². The molecule has 0 spiro atoms. The number of hydrogen-bond donors (Lipinski definition) is 1. The van der Waals surface area contributed by atoms with Gasteiger partial charge in [0, 0.05) is 30.6 Å². The first-order valence-electron chi connectivity index (χ1n) is 10.2. The molecule has 1 unspecified atom stereocenters. The molecule has 1 saturated heterocycles. The highest BCUT2D eigenvalue weighted by Crippen LogP contribution is 2.41. The molecule has 0 aromatic heterocycles. The first kappa shape index (κ1) is 19.9. The van der Waals surface area contributed by atoms with Gasteiger partial charge in [0.05, 0.1) is 18.5 Å². The molecule has 2 aromatic rings. The second-order valence-corrected chi connectivity index (χ2v) is 7.51. The molecule has 0 aliphatic carbocycles. The second kappa shape index (κ2) is 8.18. The fourth-order valence-electron chi connectivity index (χ4n) is 4.18. The lowest BCUT2D eigenvalue weighted by molar-refractivity contribution is -0.122. The Morgan fingerprint density at radius 3 is 2.73 bits per heavy atom. The summed E-state index contributed by atoms with van der Waals surface area (Å²) in [5.41, 5.74) is 2.65. The first-order valence-corrected chi connectivity index (χ1v) is 10.2. The molecule has 2 aliphatic rings. The van der Waals surface area contributed by atoms with Crippen molar-refractivity contribution >= 4 is 29.1 Å². The molecule has 1 N–H and O–H groups in total. The molecule has 30 heavy (non-hydrogen) atoms. The van der Waals surface area contributed by atoms with Gasteiger partial charge in [0.15, 0.2) is 0 Å². The van der Waals surface area contributed by atoms with Crippen LogP contribution in [0.2, 0.25) is 0 Å². The third-order valence-electron chi connectivity index (χ3n) is 5.63. The van der Waals surface area contributed by atoms with Crippen LogP contribution in [0.1, 0.15) is 42.1 Å². The van der Waals surface area contributed by atoms with Crippen molar-refractivity contribution in [2.24, 2.45) is 0 Å². The molecule has 156 valence electrons. The minimum atomic E-state index is -0.429. The number of amides is 3. The van der Waals surface area contributed by atoms with Gasteiger partial charge in [-0.05, 0) is 37.1 Å². The van der Waals surface area contributed by atoms with E-state index in [0.29, 0.717) is 48.6 Å². The molecule has 7 nitrogen and oxygen atoms in total. The van der Waals surface area contributed by atoms with Gasteiger partial charge in [0.1, 0.15) is 11.8 Å². The number of nitrogens with zero attached hydrogens (tertiary/aromatic N) is 2. The van der Waals surface area contributed by atoms with E-state index in [-0.39, 0.29) is 17.7 Å². The monoisotopic (exact) mass is 407 g/mol. The number of benzene rings is 2. The number of hydrogen-bond acceptors (Lipinski definition) is 4. The maximum atomic E-state index is 13.0. The molecule has 1 fully saturated rings. The molecule has 2 heterocycles. The molecular formula is C23H25N3O4. The van der Waals surface area contributed by atoms with Gasteiger partial charge < -0.3 is 15.0 Å². The summed E-state index contributed by atoms with van der Waals surface area (Å²) in [4.78, 5) is 41.5. The normalized spacial score (nSPS) is 17.6. The summed E-state index contributed by atoms with van der Waals surface area (Å²) in [5.74, 6) is 0.352. The average molecular weight is 407 g/mol. The number of carbonyl (C=O) groups is 3. The van der Waals surface area contributed by atoms with Crippen LogP contribution in [0.15, 0.2) is 42.5 Å². The highest BCUT2D eigenvalue weighted by atomic mass is 16.5. The molecule has 0 bridgehead atoms. The number of carbonyl (C=O) groups excluding carboxylic acids is 3. The van der Waals surface area contributed by atoms with E-state index in [1.165, 1.54) is 0 Å². The van der Waals surface area contributed by atoms with Gasteiger partial charge >= 0.3 is 0 Å². The summed E-state index contributed by atoms with van der Waals surface area (Å²) in [6.07, 6.45) is 1.70. The van der Waals surface area contributed by atoms with E-state index in [4.69, 9.17) is 4.74 Å². The fraction of sp³-hybridized carbons (Fsp3) is 0.348. The Kier molecular flexibility index (Phi) is 5.44. The Labute approximate surface area is 175 Å². The van der Waals surface area contributed by atoms with Crippen LogP contribution < -0.4 is 19.9 Å². The van der Waals surface area contributed by atoms with Crippen molar-refractivity contribution in [3.8, 4) is 5.75 Å². The van der Waals surface area contributed by atoms with Crippen molar-refractivity contribution in [1.29, 1.82) is 0 Å². The van der Waals surface area contributed by atoms with E-state index < -0.39 is 6.04 Å². The van der Waals surface area contributed by atoms with Crippen LogP contribution in [0, 0.1) is 0 Å². The zero-order valence-electron chi connectivity index (χ0n) is 17.2. The second-order valence-electron chi connectivity index (χ2n) is 7.51. The summed E-state index contributed by atoms with van der Waals surface area (Å²) in [5, 5.41) is 2.91. The number of para-hydroxylation sites is 1. The Balaban J connectivity index is 1.61. The van der Waals surface area contributed by atoms with Crippen LogP contribution >= 0.6 is 0 Å². The summed E-state index contributed by atoms with van der Waals surface area (Å²) < 4.78 is 5.33. The zero-order valence-corrected chi connectivity index (χ0v) is 17.2. The summed E-state index contributed by atoms with van der Waals surface area (Å²) in [6, 6.07) is 12.3. The Bertz CT molecular complexity index is 1000. The molecule has 2 aliphatic heterocycles. The number of methoxy groups -OCH3 is 1. The summed E-state index contributed by atoms with van der Waals surface area (Å²) in [7, 11) is 1.59. The molecule has 0 radical (unpaired) electrons. The molecule has 7 heteroatoms. The molecule has 4 rings (SSSR count). The highest BCUT2D eigenvalue weighted by Gasteiger charge is 2.44. The van der Waals surface area contributed by atoms with Gasteiger partial charge in [-0.1, -0.05) is 25.1 Å². The van der Waals surface area contributed by atoms with Gasteiger partial charge in [0.2, 0.25) is 11.8 Å². The summed E-state index contributed by atoms with van der Waals surface area (Å²) in [6.45, 7) is 2.88. The van der Waals surface area contributed by atoms with Crippen molar-refractivity contribution in [2.75, 3.05) is 23.5 Å². The number of fused-ring (bicyclic) bond motifs is 3. The Hall–Kier alpha value is -3.35. The topological polar surface area (TPSA) is 79.0 Å². The van der Waals surface area contributed by atoms with E-state index >= 15 is 0 Å². The van der Waals surface area contributed by atoms with Gasteiger partial charge in [-0.25, -0.2) is 0 Å². The number of rotatable bonds is 6. The third kappa shape index (κ3) is 3.40. The molecule has 2 aromatic carbocycles. The number of anilines is 2. The predicted octanol–water partition coefficient (Wildman–Crippen LogP) is 2.88. The van der Waals surface area contributed by atoms with Crippen LogP contribution in [0.25, 0.3) is 0 Å². The van der Waals surface area contributed by atoms with Crippen LogP contribution in [0.5, 0.6) is 5.75 Å². The SMILES string of the molecule is CCCN1C(=O)C2CCC(=O)N2c2ccc(C(=O)NCc3ccccc3OC)cc21. The van der Waals surface area contributed by atoms with Crippen molar-refractivity contribution in [1.82, 2.24) is 5.32 Å². The first-order chi connectivity index (χ1) is 14.5. The predicted molar refractivity (Wildman–Crippen MR) is 114 cm³/mol. The molecular weight excluding hydrogens is 382 g/mol. The zero-order chi connectivity index (χ0) is 21.3. The maximum Gasteiger partial charge on any atom is 0.251 e. The van der Waals surface area contributed by atoms with Crippen molar-refractivity contribution in [3.05, 3.63) is 53.6 Å². The Morgan fingerprint density at radius 1 is 1.17 bits per heavy atom. The van der Waals surface area contributed by atoms with Crippen molar-refractivity contribution < 1.29 is 19.1 Å². The number of ether oxygens (including phenoxy) is 1. The lowest BCUT2D eigenvalue weighted by Crippen LogP contribution is -2.52. The average Bonchev–Trinajstić information content (AvgIpc) is 3.16. The fourth-order valence-corrected chi connectivity index (χ4v) is 4.18. The highest BCUT2D eigenvalue weighted by molar-refractivity contribution is 6.15. The van der Waals surface area contributed by atoms with Gasteiger partial charge in [-0.3, -0.25) is 19.3 Å². The largest absolute Gasteiger partial charge is 0.496 e. The van der Waals surface area contributed by atoms with Gasteiger partial charge in [-0.15, -0.1) is 0 Å². The Morgan fingerprint density at radius 2 is 1.97 bits per heavy atom.